The van der Waals surface area contributed by atoms with Crippen molar-refractivity contribution in [1.29, 1.82) is 0 Å². The molecule has 92 valence electrons. The summed E-state index contributed by atoms with van der Waals surface area (Å²) >= 11 is 1.79. The highest BCUT2D eigenvalue weighted by Gasteiger charge is 1.93. The quantitative estimate of drug-likeness (QED) is 0.773. The summed E-state index contributed by atoms with van der Waals surface area (Å²) in [5.74, 6) is 1.89. The summed E-state index contributed by atoms with van der Waals surface area (Å²) < 4.78 is 5.13. The van der Waals surface area contributed by atoms with E-state index < -0.39 is 0 Å². The Morgan fingerprint density at radius 3 is 2.39 bits per heavy atom. The molecule has 0 radical (unpaired) electrons. The van der Waals surface area contributed by atoms with Gasteiger partial charge in [-0.05, 0) is 34.7 Å². The van der Waals surface area contributed by atoms with E-state index in [9.17, 15) is 0 Å². The molecular formula is C16H16OS. The largest absolute Gasteiger partial charge is 0.497 e. The molecule has 2 aromatic carbocycles. The van der Waals surface area contributed by atoms with Crippen LogP contribution >= 0.6 is 11.8 Å². The molecule has 0 spiro atoms. The number of thioether (sulfide) groups is 1. The standard InChI is InChI=1S/C16H16OS/c1-17-16-9-7-15(8-10-16)13-18-12-11-14-5-3-2-4-6-14/h2-12H,13H2,1H3. The van der Waals surface area contributed by atoms with E-state index in [-0.39, 0.29) is 0 Å². The molecule has 0 aliphatic carbocycles. The van der Waals surface area contributed by atoms with Gasteiger partial charge in [0.15, 0.2) is 0 Å². The van der Waals surface area contributed by atoms with Crippen LogP contribution in [0.4, 0.5) is 0 Å². The van der Waals surface area contributed by atoms with E-state index in [2.05, 4.69) is 35.7 Å². The fraction of sp³-hybridized carbons (Fsp3) is 0.125. The van der Waals surface area contributed by atoms with Crippen LogP contribution in [0.1, 0.15) is 11.1 Å². The van der Waals surface area contributed by atoms with Crippen LogP contribution in [-0.4, -0.2) is 7.11 Å². The lowest BCUT2D eigenvalue weighted by atomic mass is 10.2. The SMILES string of the molecule is COc1ccc(CSC=Cc2ccccc2)cc1. The molecule has 0 aliphatic rings. The molecule has 0 aliphatic heterocycles. The molecule has 0 heterocycles. The van der Waals surface area contributed by atoms with Gasteiger partial charge in [-0.1, -0.05) is 42.5 Å². The molecule has 0 amide bonds. The van der Waals surface area contributed by atoms with E-state index in [0.29, 0.717) is 0 Å². The Morgan fingerprint density at radius 2 is 1.72 bits per heavy atom. The lowest BCUT2D eigenvalue weighted by Crippen LogP contribution is -1.83. The average Bonchev–Trinajstić information content (AvgIpc) is 2.45. The van der Waals surface area contributed by atoms with Crippen LogP contribution in [0, 0.1) is 0 Å². The monoisotopic (exact) mass is 256 g/mol. The first-order valence-electron chi connectivity index (χ1n) is 5.84. The van der Waals surface area contributed by atoms with Gasteiger partial charge in [-0.3, -0.25) is 0 Å². The van der Waals surface area contributed by atoms with Crippen molar-refractivity contribution >= 4 is 17.8 Å². The van der Waals surface area contributed by atoms with Gasteiger partial charge in [0, 0.05) is 5.75 Å². The Kier molecular flexibility index (Phi) is 4.91. The molecular weight excluding hydrogens is 240 g/mol. The van der Waals surface area contributed by atoms with E-state index in [0.717, 1.165) is 11.5 Å². The highest BCUT2D eigenvalue weighted by molar-refractivity contribution is 8.01. The van der Waals surface area contributed by atoms with E-state index in [1.165, 1.54) is 11.1 Å². The van der Waals surface area contributed by atoms with Gasteiger partial charge in [-0.25, -0.2) is 0 Å². The third-order valence-electron chi connectivity index (χ3n) is 2.57. The zero-order chi connectivity index (χ0) is 12.6. The van der Waals surface area contributed by atoms with Crippen molar-refractivity contribution in [3.8, 4) is 5.75 Å². The predicted molar refractivity (Wildman–Crippen MR) is 79.8 cm³/mol. The third kappa shape index (κ3) is 3.97. The van der Waals surface area contributed by atoms with Crippen molar-refractivity contribution in [2.75, 3.05) is 7.11 Å². The molecule has 2 rings (SSSR count). The van der Waals surface area contributed by atoms with Crippen LogP contribution in [0.2, 0.25) is 0 Å². The smallest absolute Gasteiger partial charge is 0.118 e. The maximum absolute atomic E-state index is 5.13. The van der Waals surface area contributed by atoms with Crippen LogP contribution < -0.4 is 4.74 Å². The Hall–Kier alpha value is -1.67. The minimum atomic E-state index is 0.906. The van der Waals surface area contributed by atoms with Crippen LogP contribution in [0.5, 0.6) is 5.75 Å². The normalized spacial score (nSPS) is 10.7. The van der Waals surface area contributed by atoms with Crippen molar-refractivity contribution in [1.82, 2.24) is 0 Å². The maximum atomic E-state index is 5.13. The van der Waals surface area contributed by atoms with Gasteiger partial charge >= 0.3 is 0 Å². The molecule has 0 bridgehead atoms. The number of benzene rings is 2. The third-order valence-corrected chi connectivity index (χ3v) is 3.39. The van der Waals surface area contributed by atoms with Gasteiger partial charge in [-0.2, -0.15) is 0 Å². The Labute approximate surface area is 112 Å². The van der Waals surface area contributed by atoms with Crippen LogP contribution in [0.3, 0.4) is 0 Å². The minimum Gasteiger partial charge on any atom is -0.497 e. The van der Waals surface area contributed by atoms with Crippen molar-refractivity contribution in [3.05, 3.63) is 71.1 Å². The van der Waals surface area contributed by atoms with Crippen LogP contribution in [-0.2, 0) is 5.75 Å². The fourth-order valence-electron chi connectivity index (χ4n) is 1.56. The number of hydrogen-bond donors (Lipinski definition) is 0. The van der Waals surface area contributed by atoms with Crippen molar-refractivity contribution in [3.63, 3.8) is 0 Å². The number of rotatable bonds is 5. The molecule has 0 N–H and O–H groups in total. The predicted octanol–water partition coefficient (Wildman–Crippen LogP) is 4.60. The van der Waals surface area contributed by atoms with Gasteiger partial charge in [0.2, 0.25) is 0 Å². The summed E-state index contributed by atoms with van der Waals surface area (Å²) in [5.41, 5.74) is 2.54. The van der Waals surface area contributed by atoms with Crippen molar-refractivity contribution in [2.24, 2.45) is 0 Å². The lowest BCUT2D eigenvalue weighted by molar-refractivity contribution is 0.414. The molecule has 0 unspecified atom stereocenters. The first-order chi connectivity index (χ1) is 8.88. The van der Waals surface area contributed by atoms with Crippen LogP contribution in [0.15, 0.2) is 60.0 Å². The molecule has 2 heteroatoms. The highest BCUT2D eigenvalue weighted by Crippen LogP contribution is 2.18. The minimum absolute atomic E-state index is 0.906. The lowest BCUT2D eigenvalue weighted by Gasteiger charge is -2.01. The molecule has 0 saturated carbocycles. The van der Waals surface area contributed by atoms with Gasteiger partial charge in [0.25, 0.3) is 0 Å². The molecule has 18 heavy (non-hydrogen) atoms. The van der Waals surface area contributed by atoms with E-state index in [4.69, 9.17) is 4.74 Å². The van der Waals surface area contributed by atoms with Crippen molar-refractivity contribution in [2.45, 2.75) is 5.75 Å². The number of hydrogen-bond acceptors (Lipinski definition) is 2. The zero-order valence-corrected chi connectivity index (χ0v) is 11.2. The van der Waals surface area contributed by atoms with Gasteiger partial charge in [-0.15, -0.1) is 11.8 Å². The first-order valence-corrected chi connectivity index (χ1v) is 6.89. The van der Waals surface area contributed by atoms with E-state index >= 15 is 0 Å². The zero-order valence-electron chi connectivity index (χ0n) is 10.4. The number of ether oxygens (including phenoxy) is 1. The Morgan fingerprint density at radius 1 is 1.00 bits per heavy atom. The van der Waals surface area contributed by atoms with Gasteiger partial charge < -0.3 is 4.74 Å². The second-order valence-electron chi connectivity index (χ2n) is 3.87. The highest BCUT2D eigenvalue weighted by atomic mass is 32.2. The summed E-state index contributed by atoms with van der Waals surface area (Å²) in [6.45, 7) is 0. The maximum Gasteiger partial charge on any atom is 0.118 e. The molecule has 0 fully saturated rings. The second kappa shape index (κ2) is 6.92. The van der Waals surface area contributed by atoms with E-state index in [1.807, 2.05) is 30.3 Å². The second-order valence-corrected chi connectivity index (χ2v) is 4.77. The van der Waals surface area contributed by atoms with E-state index in [1.54, 1.807) is 18.9 Å². The summed E-state index contributed by atoms with van der Waals surface area (Å²) in [4.78, 5) is 0. The number of methoxy groups -OCH3 is 1. The van der Waals surface area contributed by atoms with Gasteiger partial charge in [0.05, 0.1) is 7.11 Å². The molecule has 0 saturated heterocycles. The molecule has 2 aromatic rings. The Bertz CT molecular complexity index is 488. The summed E-state index contributed by atoms with van der Waals surface area (Å²) in [6.07, 6.45) is 2.13. The van der Waals surface area contributed by atoms with Gasteiger partial charge in [0.1, 0.15) is 5.75 Å². The molecule has 1 nitrogen and oxygen atoms in total. The summed E-state index contributed by atoms with van der Waals surface area (Å²) in [6, 6.07) is 18.5. The Balaban J connectivity index is 1.83. The molecule has 0 atom stereocenters. The summed E-state index contributed by atoms with van der Waals surface area (Å²) in [5, 5.41) is 2.14. The fourth-order valence-corrected chi connectivity index (χ4v) is 2.29. The van der Waals surface area contributed by atoms with Crippen LogP contribution in [0.25, 0.3) is 6.08 Å². The van der Waals surface area contributed by atoms with Crippen molar-refractivity contribution < 1.29 is 4.74 Å². The average molecular weight is 256 g/mol. The first kappa shape index (κ1) is 12.8. The summed E-state index contributed by atoms with van der Waals surface area (Å²) in [7, 11) is 1.69. The molecule has 0 aromatic heterocycles. The topological polar surface area (TPSA) is 9.23 Å².